The first-order chi connectivity index (χ1) is 7.55. The lowest BCUT2D eigenvalue weighted by molar-refractivity contribution is -0.147. The summed E-state index contributed by atoms with van der Waals surface area (Å²) in [5.74, 6) is -0.0673. The molecule has 1 unspecified atom stereocenters. The Morgan fingerprint density at radius 3 is 2.81 bits per heavy atom. The highest BCUT2D eigenvalue weighted by Crippen LogP contribution is 2.20. The van der Waals surface area contributed by atoms with E-state index in [0.717, 1.165) is 11.8 Å². The summed E-state index contributed by atoms with van der Waals surface area (Å²) in [6, 6.07) is 0. The zero-order valence-corrected chi connectivity index (χ0v) is 11.5. The van der Waals surface area contributed by atoms with E-state index < -0.39 is 6.10 Å². The van der Waals surface area contributed by atoms with Gasteiger partial charge < -0.3 is 14.8 Å². The van der Waals surface area contributed by atoms with Crippen LogP contribution in [0.2, 0.25) is 0 Å². The summed E-state index contributed by atoms with van der Waals surface area (Å²) in [6.07, 6.45) is 0.587. The van der Waals surface area contributed by atoms with E-state index in [9.17, 15) is 4.79 Å². The molecule has 1 aliphatic heterocycles. The summed E-state index contributed by atoms with van der Waals surface area (Å²) in [6.45, 7) is 6.38. The zero-order chi connectivity index (χ0) is 12.0. The van der Waals surface area contributed by atoms with Crippen molar-refractivity contribution >= 4 is 21.8 Å². The molecule has 1 rings (SSSR count). The molecule has 0 spiro atoms. The summed E-state index contributed by atoms with van der Waals surface area (Å²) in [4.78, 5) is 11.7. The molecule has 0 saturated carbocycles. The molecule has 5 heteroatoms. The molecule has 1 aliphatic rings. The number of carbonyl (C=O) groups excluding carboxylic acids is 1. The van der Waals surface area contributed by atoms with Crippen LogP contribution in [0.3, 0.4) is 0 Å². The van der Waals surface area contributed by atoms with Gasteiger partial charge in [0.25, 0.3) is 5.91 Å². The van der Waals surface area contributed by atoms with E-state index >= 15 is 0 Å². The van der Waals surface area contributed by atoms with Crippen LogP contribution in [0.1, 0.15) is 20.3 Å². The summed E-state index contributed by atoms with van der Waals surface area (Å²) < 4.78 is 10.5. The number of halogens is 1. The fourth-order valence-corrected chi connectivity index (χ4v) is 2.50. The topological polar surface area (TPSA) is 47.6 Å². The summed E-state index contributed by atoms with van der Waals surface area (Å²) in [5.41, 5.74) is 0.106. The molecule has 0 bridgehead atoms. The van der Waals surface area contributed by atoms with E-state index in [1.807, 2.05) is 0 Å². The molecular formula is C11H20BrNO3. The van der Waals surface area contributed by atoms with Gasteiger partial charge in [-0.3, -0.25) is 4.79 Å². The standard InChI is InChI=1S/C11H20BrNO3/c1-11(2,3-4-12)8-13-10(14)9-7-15-5-6-16-9/h9H,3-8H2,1-2H3,(H,13,14). The molecule has 0 aromatic carbocycles. The Balaban J connectivity index is 2.28. The van der Waals surface area contributed by atoms with Gasteiger partial charge in [0.15, 0.2) is 6.10 Å². The number of hydrogen-bond donors (Lipinski definition) is 1. The van der Waals surface area contributed by atoms with Crippen molar-refractivity contribution in [3.8, 4) is 0 Å². The van der Waals surface area contributed by atoms with E-state index in [2.05, 4.69) is 35.1 Å². The number of rotatable bonds is 5. The molecule has 1 saturated heterocycles. The summed E-state index contributed by atoms with van der Waals surface area (Å²) in [7, 11) is 0. The molecule has 1 fully saturated rings. The van der Waals surface area contributed by atoms with Crippen molar-refractivity contribution in [1.82, 2.24) is 5.32 Å². The summed E-state index contributed by atoms with van der Waals surface area (Å²) >= 11 is 3.41. The van der Waals surface area contributed by atoms with Crippen LogP contribution in [0.25, 0.3) is 0 Å². The Hall–Kier alpha value is -0.130. The molecule has 4 nitrogen and oxygen atoms in total. The maximum atomic E-state index is 11.7. The Bertz CT molecular complexity index is 227. The highest BCUT2D eigenvalue weighted by molar-refractivity contribution is 9.09. The van der Waals surface area contributed by atoms with Gasteiger partial charge in [0.05, 0.1) is 19.8 Å². The molecule has 1 atom stereocenters. The Labute approximate surface area is 105 Å². The van der Waals surface area contributed by atoms with Crippen molar-refractivity contribution in [2.24, 2.45) is 5.41 Å². The molecule has 1 heterocycles. The van der Waals surface area contributed by atoms with Gasteiger partial charge in [-0.2, -0.15) is 0 Å². The van der Waals surface area contributed by atoms with E-state index in [-0.39, 0.29) is 11.3 Å². The fraction of sp³-hybridized carbons (Fsp3) is 0.909. The van der Waals surface area contributed by atoms with Gasteiger partial charge in [0.2, 0.25) is 0 Å². The third-order valence-electron chi connectivity index (χ3n) is 2.62. The van der Waals surface area contributed by atoms with Crippen molar-refractivity contribution in [3.05, 3.63) is 0 Å². The minimum absolute atomic E-state index is 0.0673. The van der Waals surface area contributed by atoms with Gasteiger partial charge in [-0.1, -0.05) is 29.8 Å². The predicted octanol–water partition coefficient (Wildman–Crippen LogP) is 1.33. The number of carbonyl (C=O) groups is 1. The molecule has 16 heavy (non-hydrogen) atoms. The Morgan fingerprint density at radius 1 is 1.50 bits per heavy atom. The van der Waals surface area contributed by atoms with Crippen molar-refractivity contribution in [3.63, 3.8) is 0 Å². The first kappa shape index (κ1) is 13.9. The highest BCUT2D eigenvalue weighted by atomic mass is 79.9. The van der Waals surface area contributed by atoms with Gasteiger partial charge in [-0.25, -0.2) is 0 Å². The minimum atomic E-state index is -0.437. The smallest absolute Gasteiger partial charge is 0.251 e. The number of amides is 1. The van der Waals surface area contributed by atoms with E-state index in [1.54, 1.807) is 0 Å². The van der Waals surface area contributed by atoms with Crippen molar-refractivity contribution < 1.29 is 14.3 Å². The van der Waals surface area contributed by atoms with Gasteiger partial charge in [-0.15, -0.1) is 0 Å². The molecule has 94 valence electrons. The lowest BCUT2D eigenvalue weighted by Crippen LogP contribution is -2.45. The number of hydrogen-bond acceptors (Lipinski definition) is 3. The maximum absolute atomic E-state index is 11.7. The molecule has 0 aromatic rings. The van der Waals surface area contributed by atoms with Crippen LogP contribution in [0, 0.1) is 5.41 Å². The van der Waals surface area contributed by atoms with E-state index in [4.69, 9.17) is 9.47 Å². The monoisotopic (exact) mass is 293 g/mol. The quantitative estimate of drug-likeness (QED) is 0.778. The lowest BCUT2D eigenvalue weighted by Gasteiger charge is -2.27. The number of ether oxygens (including phenoxy) is 2. The highest BCUT2D eigenvalue weighted by Gasteiger charge is 2.25. The van der Waals surface area contributed by atoms with Crippen LogP contribution in [0.15, 0.2) is 0 Å². The largest absolute Gasteiger partial charge is 0.376 e. The second kappa shape index (κ2) is 6.57. The first-order valence-electron chi connectivity index (χ1n) is 5.58. The Kier molecular flexibility index (Phi) is 5.72. The van der Waals surface area contributed by atoms with Crippen molar-refractivity contribution in [1.29, 1.82) is 0 Å². The molecule has 0 aromatic heterocycles. The van der Waals surface area contributed by atoms with Crippen LogP contribution >= 0.6 is 15.9 Å². The van der Waals surface area contributed by atoms with Crippen LogP contribution in [0.4, 0.5) is 0 Å². The fourth-order valence-electron chi connectivity index (χ4n) is 1.42. The molecule has 1 amide bonds. The molecule has 1 N–H and O–H groups in total. The number of nitrogens with one attached hydrogen (secondary N) is 1. The number of alkyl halides is 1. The van der Waals surface area contributed by atoms with Crippen LogP contribution in [-0.4, -0.2) is 43.7 Å². The summed E-state index contributed by atoms with van der Waals surface area (Å²) in [5, 5.41) is 3.86. The van der Waals surface area contributed by atoms with Crippen LogP contribution in [-0.2, 0) is 14.3 Å². The SMILES string of the molecule is CC(C)(CCBr)CNC(=O)C1COCCO1. The Morgan fingerprint density at radius 2 is 2.25 bits per heavy atom. The molecule has 0 radical (unpaired) electrons. The second-order valence-electron chi connectivity index (χ2n) is 4.76. The van der Waals surface area contributed by atoms with Gasteiger partial charge >= 0.3 is 0 Å². The molecule has 0 aliphatic carbocycles. The third kappa shape index (κ3) is 4.80. The van der Waals surface area contributed by atoms with Gasteiger partial charge in [0, 0.05) is 11.9 Å². The first-order valence-corrected chi connectivity index (χ1v) is 6.70. The van der Waals surface area contributed by atoms with Crippen LogP contribution < -0.4 is 5.32 Å². The maximum Gasteiger partial charge on any atom is 0.251 e. The van der Waals surface area contributed by atoms with Gasteiger partial charge in [0.1, 0.15) is 0 Å². The van der Waals surface area contributed by atoms with Crippen molar-refractivity contribution in [2.45, 2.75) is 26.4 Å². The zero-order valence-electron chi connectivity index (χ0n) is 9.92. The normalized spacial score (nSPS) is 21.8. The minimum Gasteiger partial charge on any atom is -0.376 e. The average Bonchev–Trinajstić information content (AvgIpc) is 2.27. The van der Waals surface area contributed by atoms with E-state index in [0.29, 0.717) is 26.4 Å². The van der Waals surface area contributed by atoms with E-state index in [1.165, 1.54) is 0 Å². The predicted molar refractivity (Wildman–Crippen MR) is 65.8 cm³/mol. The average molecular weight is 294 g/mol. The van der Waals surface area contributed by atoms with Crippen LogP contribution in [0.5, 0.6) is 0 Å². The second-order valence-corrected chi connectivity index (χ2v) is 5.55. The van der Waals surface area contributed by atoms with Gasteiger partial charge in [-0.05, 0) is 11.8 Å². The molecular weight excluding hydrogens is 274 g/mol. The van der Waals surface area contributed by atoms with Crippen molar-refractivity contribution in [2.75, 3.05) is 31.7 Å². The lowest BCUT2D eigenvalue weighted by atomic mass is 9.90. The third-order valence-corrected chi connectivity index (χ3v) is 3.02.